The summed E-state index contributed by atoms with van der Waals surface area (Å²) in [6.07, 6.45) is 9.15. The topological polar surface area (TPSA) is 116 Å². The number of carbonyl (C=O) groups excluding carboxylic acids is 3. The zero-order valence-corrected chi connectivity index (χ0v) is 21.7. The van der Waals surface area contributed by atoms with Gasteiger partial charge in [0.2, 0.25) is 5.91 Å². The Balaban J connectivity index is 1.24. The van der Waals surface area contributed by atoms with E-state index in [4.69, 9.17) is 4.74 Å². The highest BCUT2D eigenvalue weighted by molar-refractivity contribution is 6.06. The Morgan fingerprint density at radius 2 is 1.95 bits per heavy atom. The highest BCUT2D eigenvalue weighted by atomic mass is 16.5. The maximum Gasteiger partial charge on any atom is 0.265 e. The molecule has 198 valence electrons. The van der Waals surface area contributed by atoms with Crippen molar-refractivity contribution in [3.8, 4) is 5.75 Å². The number of hydrogen-bond donors (Lipinski definition) is 3. The molecule has 3 N–H and O–H groups in total. The van der Waals surface area contributed by atoms with Gasteiger partial charge in [-0.1, -0.05) is 19.8 Å². The van der Waals surface area contributed by atoms with Gasteiger partial charge in [-0.2, -0.15) is 5.10 Å². The number of aromatic nitrogens is 2. The van der Waals surface area contributed by atoms with E-state index in [2.05, 4.69) is 27.8 Å². The van der Waals surface area contributed by atoms with Crippen LogP contribution in [0.5, 0.6) is 5.75 Å². The lowest BCUT2D eigenvalue weighted by molar-refractivity contribution is -0.141. The number of H-pyrrole nitrogens is 1. The van der Waals surface area contributed by atoms with Crippen LogP contribution in [0, 0.1) is 11.8 Å². The Kier molecular flexibility index (Phi) is 7.48. The average molecular weight is 508 g/mol. The molecule has 2 atom stereocenters. The zero-order chi connectivity index (χ0) is 25.9. The lowest BCUT2D eigenvalue weighted by Crippen LogP contribution is -2.43. The quantitative estimate of drug-likeness (QED) is 0.506. The van der Waals surface area contributed by atoms with Gasteiger partial charge in [0.05, 0.1) is 17.4 Å². The molecule has 0 radical (unpaired) electrons. The number of carbonyl (C=O) groups is 3. The molecule has 3 aliphatic rings. The van der Waals surface area contributed by atoms with Gasteiger partial charge in [0, 0.05) is 24.1 Å². The Morgan fingerprint density at radius 1 is 1.14 bits per heavy atom. The molecule has 1 aromatic carbocycles. The number of benzene rings is 1. The summed E-state index contributed by atoms with van der Waals surface area (Å²) in [5, 5.41) is 13.0. The predicted octanol–water partition coefficient (Wildman–Crippen LogP) is 5.04. The van der Waals surface area contributed by atoms with E-state index in [9.17, 15) is 14.4 Å². The van der Waals surface area contributed by atoms with Crippen molar-refractivity contribution in [1.29, 1.82) is 0 Å². The molecular formula is C28H37N5O4. The predicted molar refractivity (Wildman–Crippen MR) is 140 cm³/mol. The third-order valence-electron chi connectivity index (χ3n) is 8.05. The number of rotatable bonds is 6. The molecular weight excluding hydrogens is 470 g/mol. The molecule has 2 aromatic rings. The van der Waals surface area contributed by atoms with Crippen LogP contribution in [-0.4, -0.2) is 45.5 Å². The number of aromatic amines is 1. The van der Waals surface area contributed by atoms with Gasteiger partial charge in [-0.3, -0.25) is 19.5 Å². The van der Waals surface area contributed by atoms with Crippen LogP contribution in [0.3, 0.4) is 0 Å². The third kappa shape index (κ3) is 5.50. The van der Waals surface area contributed by atoms with E-state index in [-0.39, 0.29) is 29.7 Å². The number of likely N-dealkylation sites (tertiary alicyclic amines) is 1. The molecule has 9 nitrogen and oxygen atoms in total. The van der Waals surface area contributed by atoms with E-state index >= 15 is 0 Å². The van der Waals surface area contributed by atoms with Gasteiger partial charge >= 0.3 is 0 Å². The fourth-order valence-corrected chi connectivity index (χ4v) is 5.97. The minimum Gasteiger partial charge on any atom is -0.479 e. The van der Waals surface area contributed by atoms with Crippen molar-refractivity contribution in [3.05, 3.63) is 35.5 Å². The molecule has 1 aromatic heterocycles. The fraction of sp³-hybridized carbons (Fsp3) is 0.571. The van der Waals surface area contributed by atoms with Crippen molar-refractivity contribution < 1.29 is 19.1 Å². The van der Waals surface area contributed by atoms with Crippen LogP contribution in [0.15, 0.2) is 24.3 Å². The average Bonchev–Trinajstić information content (AvgIpc) is 3.37. The number of piperidine rings is 1. The first-order chi connectivity index (χ1) is 17.9. The molecule has 2 unspecified atom stereocenters. The summed E-state index contributed by atoms with van der Waals surface area (Å²) in [6, 6.07) is 6.71. The van der Waals surface area contributed by atoms with E-state index in [1.807, 2.05) is 11.0 Å². The lowest BCUT2D eigenvalue weighted by Gasteiger charge is -2.39. The molecule has 37 heavy (non-hydrogen) atoms. The summed E-state index contributed by atoms with van der Waals surface area (Å²) in [5.74, 6) is 1.51. The van der Waals surface area contributed by atoms with Gasteiger partial charge in [-0.25, -0.2) is 0 Å². The van der Waals surface area contributed by atoms with Crippen LogP contribution in [0.4, 0.5) is 11.5 Å². The number of anilines is 2. The van der Waals surface area contributed by atoms with Crippen molar-refractivity contribution in [3.63, 3.8) is 0 Å². The van der Waals surface area contributed by atoms with Crippen molar-refractivity contribution in [2.45, 2.75) is 83.8 Å². The molecule has 2 fully saturated rings. The zero-order valence-electron chi connectivity index (χ0n) is 21.7. The molecule has 5 rings (SSSR count). The van der Waals surface area contributed by atoms with Gasteiger partial charge in [0.25, 0.3) is 11.8 Å². The maximum absolute atomic E-state index is 13.5. The minimum atomic E-state index is -0.572. The van der Waals surface area contributed by atoms with Crippen LogP contribution in [0.25, 0.3) is 0 Å². The molecule has 2 aliphatic heterocycles. The summed E-state index contributed by atoms with van der Waals surface area (Å²) < 4.78 is 5.56. The van der Waals surface area contributed by atoms with Gasteiger partial charge in [0.15, 0.2) is 11.9 Å². The lowest BCUT2D eigenvalue weighted by atomic mass is 9.79. The second kappa shape index (κ2) is 10.9. The first-order valence-electron chi connectivity index (χ1n) is 13.7. The van der Waals surface area contributed by atoms with Crippen molar-refractivity contribution in [1.82, 2.24) is 15.1 Å². The fourth-order valence-electron chi connectivity index (χ4n) is 5.97. The third-order valence-corrected chi connectivity index (χ3v) is 8.05. The van der Waals surface area contributed by atoms with E-state index in [0.717, 1.165) is 63.1 Å². The second-order valence-electron chi connectivity index (χ2n) is 10.7. The summed E-state index contributed by atoms with van der Waals surface area (Å²) in [4.78, 5) is 40.4. The van der Waals surface area contributed by atoms with E-state index in [1.54, 1.807) is 25.1 Å². The molecule has 1 aliphatic carbocycles. The van der Waals surface area contributed by atoms with Crippen molar-refractivity contribution in [2.75, 3.05) is 17.2 Å². The number of amides is 3. The van der Waals surface area contributed by atoms with E-state index in [1.165, 1.54) is 12.8 Å². The largest absolute Gasteiger partial charge is 0.479 e. The Hall–Kier alpha value is -3.36. The van der Waals surface area contributed by atoms with Crippen molar-refractivity contribution >= 4 is 29.2 Å². The summed E-state index contributed by atoms with van der Waals surface area (Å²) in [7, 11) is 0. The number of hydrogen-bond acceptors (Lipinski definition) is 5. The Bertz CT molecular complexity index is 1150. The number of ether oxygens (including phenoxy) is 1. The second-order valence-corrected chi connectivity index (χ2v) is 10.7. The highest BCUT2D eigenvalue weighted by Gasteiger charge is 2.35. The molecule has 0 bridgehead atoms. The SMILES string of the molecule is CCCC1CCC(C(=O)N2CCCCC2c2cc(NC(=O)c3ccc4c(c3)NC(=O)C(C)O4)n[nH]2)CC1. The van der Waals surface area contributed by atoms with E-state index in [0.29, 0.717) is 22.8 Å². The maximum atomic E-state index is 13.5. The molecule has 9 heteroatoms. The van der Waals surface area contributed by atoms with Crippen LogP contribution in [0.1, 0.15) is 93.7 Å². The first kappa shape index (κ1) is 25.3. The van der Waals surface area contributed by atoms with Crippen LogP contribution >= 0.6 is 0 Å². The molecule has 3 heterocycles. The van der Waals surface area contributed by atoms with Gasteiger partial charge in [0.1, 0.15) is 5.75 Å². The monoisotopic (exact) mass is 507 g/mol. The van der Waals surface area contributed by atoms with Gasteiger partial charge in [-0.15, -0.1) is 0 Å². The highest BCUT2D eigenvalue weighted by Crippen LogP contribution is 2.37. The normalized spacial score (nSPS) is 25.6. The smallest absolute Gasteiger partial charge is 0.265 e. The number of nitrogens with zero attached hydrogens (tertiary/aromatic N) is 2. The first-order valence-corrected chi connectivity index (χ1v) is 13.7. The Labute approximate surface area is 217 Å². The number of fused-ring (bicyclic) bond motifs is 1. The molecule has 1 saturated heterocycles. The number of nitrogens with one attached hydrogen (secondary N) is 3. The molecule has 0 spiro atoms. The van der Waals surface area contributed by atoms with Crippen LogP contribution in [-0.2, 0) is 9.59 Å². The molecule has 1 saturated carbocycles. The standard InChI is InChI=1S/C28H37N5O4/c1-3-6-18-8-10-19(11-9-18)28(36)33-14-5-4-7-23(33)21-16-25(32-31-21)30-27(35)20-12-13-24-22(15-20)29-26(34)17(2)37-24/h12-13,15-19,23H,3-11,14H2,1-2H3,(H,29,34)(H2,30,31,32,35). The Morgan fingerprint density at radius 3 is 2.73 bits per heavy atom. The molecule has 3 amide bonds. The van der Waals surface area contributed by atoms with Crippen LogP contribution < -0.4 is 15.4 Å². The summed E-state index contributed by atoms with van der Waals surface area (Å²) in [6.45, 7) is 4.67. The van der Waals surface area contributed by atoms with E-state index < -0.39 is 6.10 Å². The van der Waals surface area contributed by atoms with Crippen LogP contribution in [0.2, 0.25) is 0 Å². The summed E-state index contributed by atoms with van der Waals surface area (Å²) in [5.41, 5.74) is 1.71. The van der Waals surface area contributed by atoms with Gasteiger partial charge < -0.3 is 20.3 Å². The van der Waals surface area contributed by atoms with Crippen molar-refractivity contribution in [2.24, 2.45) is 11.8 Å². The minimum absolute atomic E-state index is 0.0501. The summed E-state index contributed by atoms with van der Waals surface area (Å²) >= 11 is 0. The van der Waals surface area contributed by atoms with Gasteiger partial charge in [-0.05, 0) is 76.0 Å².